The van der Waals surface area contributed by atoms with Crippen LogP contribution >= 0.6 is 11.3 Å². The highest BCUT2D eigenvalue weighted by molar-refractivity contribution is 7.14. The van der Waals surface area contributed by atoms with E-state index in [1.54, 1.807) is 11.3 Å². The van der Waals surface area contributed by atoms with E-state index in [1.807, 2.05) is 6.07 Å². The van der Waals surface area contributed by atoms with Gasteiger partial charge in [0.05, 0.1) is 5.00 Å². The lowest BCUT2D eigenvalue weighted by atomic mass is 10.0. The van der Waals surface area contributed by atoms with E-state index in [0.29, 0.717) is 0 Å². The van der Waals surface area contributed by atoms with E-state index in [4.69, 9.17) is 5.73 Å². The molecule has 0 amide bonds. The van der Waals surface area contributed by atoms with Crippen LogP contribution in [0.25, 0.3) is 21.9 Å². The molecule has 2 N–H and O–H groups in total. The maximum Gasteiger partial charge on any atom is 0.0862 e. The molecule has 0 bridgehead atoms. The minimum absolute atomic E-state index is 0.864. The second-order valence-corrected chi connectivity index (χ2v) is 4.71. The molecule has 0 atom stereocenters. The highest BCUT2D eigenvalue weighted by Gasteiger charge is 2.04. The molecule has 0 aliphatic heterocycles. The predicted octanol–water partition coefficient (Wildman–Crippen LogP) is 4.15. The third-order valence-electron chi connectivity index (χ3n) is 2.72. The average molecular weight is 225 g/mol. The lowest BCUT2D eigenvalue weighted by Crippen LogP contribution is -1.79. The molecule has 2 aromatic carbocycles. The van der Waals surface area contributed by atoms with Gasteiger partial charge >= 0.3 is 0 Å². The molecule has 0 saturated heterocycles. The maximum atomic E-state index is 5.78. The van der Waals surface area contributed by atoms with Crippen molar-refractivity contribution in [3.63, 3.8) is 0 Å². The number of hydrogen-bond acceptors (Lipinski definition) is 2. The Balaban J connectivity index is 2.31. The van der Waals surface area contributed by atoms with Gasteiger partial charge in [-0.25, -0.2) is 0 Å². The molecule has 1 heterocycles. The van der Waals surface area contributed by atoms with E-state index in [0.717, 1.165) is 5.00 Å². The van der Waals surface area contributed by atoms with Crippen molar-refractivity contribution >= 4 is 27.1 Å². The summed E-state index contributed by atoms with van der Waals surface area (Å²) in [4.78, 5) is 0. The zero-order valence-electron chi connectivity index (χ0n) is 8.68. The zero-order valence-corrected chi connectivity index (χ0v) is 9.50. The van der Waals surface area contributed by atoms with Crippen molar-refractivity contribution in [2.24, 2.45) is 0 Å². The molecule has 78 valence electrons. The molecule has 0 unspecified atom stereocenters. The lowest BCUT2D eigenvalue weighted by molar-refractivity contribution is 1.72. The highest BCUT2D eigenvalue weighted by Crippen LogP contribution is 2.32. The van der Waals surface area contributed by atoms with Crippen LogP contribution in [-0.2, 0) is 0 Å². The second kappa shape index (κ2) is 3.65. The summed E-state index contributed by atoms with van der Waals surface area (Å²) in [6, 6.07) is 16.8. The first kappa shape index (κ1) is 9.43. The summed E-state index contributed by atoms with van der Waals surface area (Å²) in [5.41, 5.74) is 8.24. The van der Waals surface area contributed by atoms with Crippen LogP contribution in [-0.4, -0.2) is 0 Å². The smallest absolute Gasteiger partial charge is 0.0862 e. The van der Waals surface area contributed by atoms with Crippen molar-refractivity contribution in [3.8, 4) is 11.1 Å². The quantitative estimate of drug-likeness (QED) is 0.661. The van der Waals surface area contributed by atoms with E-state index in [-0.39, 0.29) is 0 Å². The third-order valence-corrected chi connectivity index (χ3v) is 3.48. The molecule has 1 nitrogen and oxygen atoms in total. The Labute approximate surface area is 98.2 Å². The largest absolute Gasteiger partial charge is 0.391 e. The summed E-state index contributed by atoms with van der Waals surface area (Å²) in [5.74, 6) is 0. The summed E-state index contributed by atoms with van der Waals surface area (Å²) in [7, 11) is 0. The first-order valence-electron chi connectivity index (χ1n) is 5.17. The SMILES string of the molecule is Nc1cc(-c2cccc3ccccc23)cs1. The standard InChI is InChI=1S/C14H11NS/c15-14-8-11(9-16-14)13-7-3-5-10-4-1-2-6-12(10)13/h1-9H,15H2. The molecule has 2 heteroatoms. The lowest BCUT2D eigenvalue weighted by Gasteiger charge is -2.03. The summed E-state index contributed by atoms with van der Waals surface area (Å²) in [6.45, 7) is 0. The fourth-order valence-corrected chi connectivity index (χ4v) is 2.62. The Morgan fingerprint density at radius 3 is 2.56 bits per heavy atom. The Kier molecular flexibility index (Phi) is 2.15. The maximum absolute atomic E-state index is 5.78. The number of benzene rings is 2. The molecule has 0 saturated carbocycles. The van der Waals surface area contributed by atoms with Gasteiger partial charge in [-0.15, -0.1) is 11.3 Å². The molecular weight excluding hydrogens is 214 g/mol. The van der Waals surface area contributed by atoms with Crippen LogP contribution in [0.5, 0.6) is 0 Å². The van der Waals surface area contributed by atoms with Crippen LogP contribution in [0.4, 0.5) is 5.00 Å². The zero-order chi connectivity index (χ0) is 11.0. The molecule has 0 spiro atoms. The molecule has 3 aromatic rings. The molecule has 16 heavy (non-hydrogen) atoms. The van der Waals surface area contributed by atoms with Gasteiger partial charge in [0.2, 0.25) is 0 Å². The van der Waals surface area contributed by atoms with Crippen LogP contribution in [0.2, 0.25) is 0 Å². The minimum atomic E-state index is 0.864. The number of nitrogens with two attached hydrogens (primary N) is 1. The van der Waals surface area contributed by atoms with E-state index in [1.165, 1.54) is 21.9 Å². The van der Waals surface area contributed by atoms with Gasteiger partial charge in [-0.1, -0.05) is 42.5 Å². The second-order valence-electron chi connectivity index (χ2n) is 3.76. The van der Waals surface area contributed by atoms with Gasteiger partial charge < -0.3 is 5.73 Å². The summed E-state index contributed by atoms with van der Waals surface area (Å²) >= 11 is 1.59. The van der Waals surface area contributed by atoms with Gasteiger partial charge in [0.25, 0.3) is 0 Å². The number of hydrogen-bond donors (Lipinski definition) is 1. The Morgan fingerprint density at radius 1 is 0.938 bits per heavy atom. The van der Waals surface area contributed by atoms with Gasteiger partial charge in [-0.3, -0.25) is 0 Å². The summed E-state index contributed by atoms with van der Waals surface area (Å²) in [5, 5.41) is 5.52. The fourth-order valence-electron chi connectivity index (χ4n) is 1.97. The number of anilines is 1. The first-order chi connectivity index (χ1) is 7.84. The third kappa shape index (κ3) is 1.48. The number of fused-ring (bicyclic) bond motifs is 1. The van der Waals surface area contributed by atoms with Crippen molar-refractivity contribution < 1.29 is 0 Å². The van der Waals surface area contributed by atoms with Crippen molar-refractivity contribution in [2.45, 2.75) is 0 Å². The number of thiophene rings is 1. The van der Waals surface area contributed by atoms with Crippen molar-refractivity contribution in [1.82, 2.24) is 0 Å². The monoisotopic (exact) mass is 225 g/mol. The van der Waals surface area contributed by atoms with Crippen LogP contribution < -0.4 is 5.73 Å². The number of rotatable bonds is 1. The fraction of sp³-hybridized carbons (Fsp3) is 0. The van der Waals surface area contributed by atoms with Crippen molar-refractivity contribution in [1.29, 1.82) is 0 Å². The van der Waals surface area contributed by atoms with E-state index >= 15 is 0 Å². The molecular formula is C14H11NS. The minimum Gasteiger partial charge on any atom is -0.391 e. The Morgan fingerprint density at radius 2 is 1.75 bits per heavy atom. The highest BCUT2D eigenvalue weighted by atomic mass is 32.1. The van der Waals surface area contributed by atoms with Crippen LogP contribution in [0.1, 0.15) is 0 Å². The van der Waals surface area contributed by atoms with Gasteiger partial charge in [0, 0.05) is 5.38 Å². The summed E-state index contributed by atoms with van der Waals surface area (Å²) in [6.07, 6.45) is 0. The molecule has 0 aliphatic carbocycles. The topological polar surface area (TPSA) is 26.0 Å². The van der Waals surface area contributed by atoms with E-state index in [2.05, 4.69) is 47.8 Å². The van der Waals surface area contributed by atoms with Crippen molar-refractivity contribution in [3.05, 3.63) is 53.9 Å². The van der Waals surface area contributed by atoms with Crippen molar-refractivity contribution in [2.75, 3.05) is 5.73 Å². The normalized spacial score (nSPS) is 10.8. The van der Waals surface area contributed by atoms with Crippen LogP contribution in [0, 0.1) is 0 Å². The van der Waals surface area contributed by atoms with E-state index in [9.17, 15) is 0 Å². The first-order valence-corrected chi connectivity index (χ1v) is 6.05. The van der Waals surface area contributed by atoms with Gasteiger partial charge in [0.15, 0.2) is 0 Å². The molecule has 0 radical (unpaired) electrons. The summed E-state index contributed by atoms with van der Waals surface area (Å²) < 4.78 is 0. The van der Waals surface area contributed by atoms with Crippen LogP contribution in [0.15, 0.2) is 53.9 Å². The van der Waals surface area contributed by atoms with Gasteiger partial charge in [-0.2, -0.15) is 0 Å². The molecule has 3 rings (SSSR count). The Hall–Kier alpha value is -1.80. The van der Waals surface area contributed by atoms with Gasteiger partial charge in [0.1, 0.15) is 0 Å². The average Bonchev–Trinajstić information content (AvgIpc) is 2.75. The van der Waals surface area contributed by atoms with Gasteiger partial charge in [-0.05, 0) is 28.0 Å². The molecule has 0 fully saturated rings. The van der Waals surface area contributed by atoms with Crippen LogP contribution in [0.3, 0.4) is 0 Å². The number of nitrogen functional groups attached to an aromatic ring is 1. The van der Waals surface area contributed by atoms with E-state index < -0.39 is 0 Å². The molecule has 0 aliphatic rings. The predicted molar refractivity (Wildman–Crippen MR) is 71.7 cm³/mol. The molecule has 1 aromatic heterocycles. The Bertz CT molecular complexity index is 635.